The highest BCUT2D eigenvalue weighted by Gasteiger charge is 2.32. The number of rotatable bonds is 2. The van der Waals surface area contributed by atoms with Crippen molar-refractivity contribution in [3.63, 3.8) is 0 Å². The van der Waals surface area contributed by atoms with Gasteiger partial charge in [0, 0.05) is 0 Å². The van der Waals surface area contributed by atoms with Gasteiger partial charge in [-0.05, 0) is 26.2 Å². The van der Waals surface area contributed by atoms with Gasteiger partial charge in [0.25, 0.3) is 0 Å². The first-order valence-corrected chi connectivity index (χ1v) is 5.59. The van der Waals surface area contributed by atoms with Crippen LogP contribution in [0.1, 0.15) is 26.2 Å². The molecule has 1 rings (SSSR count). The van der Waals surface area contributed by atoms with Crippen molar-refractivity contribution in [3.05, 3.63) is 0 Å². The van der Waals surface area contributed by atoms with E-state index in [1.54, 1.807) is 0 Å². The molecule has 2 unspecified atom stereocenters. The van der Waals surface area contributed by atoms with Gasteiger partial charge < -0.3 is 0 Å². The average molecular weight is 180 g/mol. The fraction of sp³-hybridized carbons (Fsp3) is 1.00. The zero-order valence-electron chi connectivity index (χ0n) is 6.59. The number of halogens is 1. The Morgan fingerprint density at radius 1 is 1.64 bits per heavy atom. The van der Waals surface area contributed by atoms with Gasteiger partial charge in [0.1, 0.15) is 0 Å². The molecule has 0 saturated carbocycles. The first kappa shape index (κ1) is 8.97. The largest absolute Gasteiger partial charge is 0.248 e. The minimum atomic E-state index is -2.92. The van der Waals surface area contributed by atoms with Gasteiger partial charge in [0.15, 0.2) is 9.84 Å². The molecule has 0 N–H and O–H groups in total. The van der Waals surface area contributed by atoms with Crippen LogP contribution in [0.5, 0.6) is 0 Å². The number of sulfone groups is 1. The van der Waals surface area contributed by atoms with E-state index in [9.17, 15) is 12.8 Å². The summed E-state index contributed by atoms with van der Waals surface area (Å²) in [6.45, 7) is 1.41. The average Bonchev–Trinajstić information content (AvgIpc) is 2.10. The Morgan fingerprint density at radius 2 is 2.27 bits per heavy atom. The molecule has 66 valence electrons. The van der Waals surface area contributed by atoms with Gasteiger partial charge in [-0.2, -0.15) is 0 Å². The van der Waals surface area contributed by atoms with E-state index in [0.29, 0.717) is 12.8 Å². The van der Waals surface area contributed by atoms with E-state index in [1.807, 2.05) is 0 Å². The topological polar surface area (TPSA) is 34.1 Å². The van der Waals surface area contributed by atoms with E-state index >= 15 is 0 Å². The van der Waals surface area contributed by atoms with Crippen LogP contribution in [0, 0.1) is 0 Å². The Morgan fingerprint density at radius 3 is 2.64 bits per heavy atom. The zero-order chi connectivity index (χ0) is 8.48. The second kappa shape index (κ2) is 3.09. The molecule has 1 heterocycles. The van der Waals surface area contributed by atoms with Gasteiger partial charge in [0.05, 0.1) is 17.2 Å². The van der Waals surface area contributed by atoms with E-state index in [4.69, 9.17) is 0 Å². The van der Waals surface area contributed by atoms with Crippen molar-refractivity contribution in [2.45, 2.75) is 37.6 Å². The van der Waals surface area contributed by atoms with Crippen LogP contribution in [0.2, 0.25) is 0 Å². The van der Waals surface area contributed by atoms with Crippen LogP contribution in [-0.2, 0) is 9.84 Å². The van der Waals surface area contributed by atoms with Crippen molar-refractivity contribution in [2.75, 3.05) is 5.75 Å². The molecule has 0 radical (unpaired) electrons. The molecule has 1 fully saturated rings. The maximum atomic E-state index is 12.4. The highest BCUT2D eigenvalue weighted by atomic mass is 32.2. The molecule has 0 aliphatic carbocycles. The molecule has 2 nitrogen and oxygen atoms in total. The van der Waals surface area contributed by atoms with Crippen LogP contribution in [0.25, 0.3) is 0 Å². The molecule has 2 atom stereocenters. The molecular formula is C7H13FO2S. The van der Waals surface area contributed by atoms with Gasteiger partial charge in [-0.15, -0.1) is 0 Å². The van der Waals surface area contributed by atoms with Crippen LogP contribution in [-0.4, -0.2) is 25.6 Å². The molecule has 0 aromatic heterocycles. The molecule has 11 heavy (non-hydrogen) atoms. The maximum absolute atomic E-state index is 12.4. The lowest BCUT2D eigenvalue weighted by Crippen LogP contribution is -2.19. The van der Waals surface area contributed by atoms with Gasteiger partial charge in [-0.3, -0.25) is 0 Å². The number of hydrogen-bond donors (Lipinski definition) is 0. The summed E-state index contributed by atoms with van der Waals surface area (Å²) in [5, 5.41) is -0.400. The van der Waals surface area contributed by atoms with E-state index in [2.05, 4.69) is 0 Å². The summed E-state index contributed by atoms with van der Waals surface area (Å²) in [5.41, 5.74) is 0. The van der Waals surface area contributed by atoms with Gasteiger partial charge in [-0.25, -0.2) is 12.8 Å². The second-order valence-corrected chi connectivity index (χ2v) is 5.55. The molecule has 0 spiro atoms. The quantitative estimate of drug-likeness (QED) is 0.642. The summed E-state index contributed by atoms with van der Waals surface area (Å²) >= 11 is 0. The van der Waals surface area contributed by atoms with E-state index < -0.39 is 21.3 Å². The second-order valence-electron chi connectivity index (χ2n) is 3.15. The lowest BCUT2D eigenvalue weighted by atomic mass is 10.1. The van der Waals surface area contributed by atoms with E-state index in [-0.39, 0.29) is 12.2 Å². The minimum absolute atomic E-state index is 0.183. The monoisotopic (exact) mass is 180 g/mol. The van der Waals surface area contributed by atoms with Gasteiger partial charge in [0.2, 0.25) is 0 Å². The van der Waals surface area contributed by atoms with Crippen molar-refractivity contribution < 1.29 is 12.8 Å². The van der Waals surface area contributed by atoms with Crippen LogP contribution >= 0.6 is 0 Å². The Bertz CT molecular complexity index is 221. The van der Waals surface area contributed by atoms with Crippen molar-refractivity contribution in [2.24, 2.45) is 0 Å². The number of hydrogen-bond acceptors (Lipinski definition) is 2. The third-order valence-corrected chi connectivity index (χ3v) is 4.35. The van der Waals surface area contributed by atoms with Crippen LogP contribution in [0.15, 0.2) is 0 Å². The molecule has 1 aliphatic heterocycles. The smallest absolute Gasteiger partial charge is 0.153 e. The summed E-state index contributed by atoms with van der Waals surface area (Å²) < 4.78 is 34.7. The Labute approximate surface area is 66.7 Å². The van der Waals surface area contributed by atoms with Gasteiger partial charge in [-0.1, -0.05) is 0 Å². The third-order valence-electron chi connectivity index (χ3n) is 2.05. The Balaban J connectivity index is 2.59. The number of alkyl halides is 1. The molecule has 0 aromatic rings. The predicted molar refractivity (Wildman–Crippen MR) is 42.0 cm³/mol. The molecule has 0 bridgehead atoms. The zero-order valence-corrected chi connectivity index (χ0v) is 7.40. The summed E-state index contributed by atoms with van der Waals surface area (Å²) in [6, 6.07) is 0. The predicted octanol–water partition coefficient (Wildman–Crippen LogP) is 1.31. The molecule has 1 aliphatic rings. The highest BCUT2D eigenvalue weighted by molar-refractivity contribution is 7.92. The standard InChI is InChI=1S/C7H13FO2S/c1-6(8)5-7-3-2-4-11(7,9)10/h6-7H,2-5H2,1H3. The first-order chi connectivity index (χ1) is 5.02. The molecular weight excluding hydrogens is 167 g/mol. The Hall–Kier alpha value is -0.120. The van der Waals surface area contributed by atoms with Crippen molar-refractivity contribution in [3.8, 4) is 0 Å². The summed E-state index contributed by atoms with van der Waals surface area (Å²) in [4.78, 5) is 0. The molecule has 4 heteroatoms. The fourth-order valence-electron chi connectivity index (χ4n) is 1.49. The Kier molecular flexibility index (Phi) is 2.52. The molecule has 1 saturated heterocycles. The van der Waals surface area contributed by atoms with E-state index in [0.717, 1.165) is 0 Å². The van der Waals surface area contributed by atoms with E-state index in [1.165, 1.54) is 6.92 Å². The van der Waals surface area contributed by atoms with Crippen LogP contribution < -0.4 is 0 Å². The minimum Gasteiger partial charge on any atom is -0.248 e. The highest BCUT2D eigenvalue weighted by Crippen LogP contribution is 2.24. The lowest BCUT2D eigenvalue weighted by molar-refractivity contribution is 0.334. The summed E-state index contributed by atoms with van der Waals surface area (Å²) in [7, 11) is -2.92. The molecule has 0 amide bonds. The fourth-order valence-corrected chi connectivity index (χ4v) is 3.47. The maximum Gasteiger partial charge on any atom is 0.153 e. The summed E-state index contributed by atoms with van der Waals surface area (Å²) in [5.74, 6) is 0.254. The first-order valence-electron chi connectivity index (χ1n) is 3.88. The normalized spacial score (nSPS) is 32.0. The van der Waals surface area contributed by atoms with Crippen molar-refractivity contribution >= 4 is 9.84 Å². The van der Waals surface area contributed by atoms with Gasteiger partial charge >= 0.3 is 0 Å². The van der Waals surface area contributed by atoms with Crippen molar-refractivity contribution in [1.82, 2.24) is 0 Å². The lowest BCUT2D eigenvalue weighted by Gasteiger charge is -2.08. The van der Waals surface area contributed by atoms with Crippen LogP contribution in [0.4, 0.5) is 4.39 Å². The molecule has 0 aromatic carbocycles. The summed E-state index contributed by atoms with van der Waals surface area (Å²) in [6.07, 6.45) is 0.548. The van der Waals surface area contributed by atoms with Crippen LogP contribution in [0.3, 0.4) is 0 Å². The third kappa shape index (κ3) is 2.15. The SMILES string of the molecule is CC(F)CC1CCCS1(=O)=O. The van der Waals surface area contributed by atoms with Crippen molar-refractivity contribution in [1.29, 1.82) is 0 Å².